The highest BCUT2D eigenvalue weighted by Crippen LogP contribution is 2.30. The van der Waals surface area contributed by atoms with Crippen molar-refractivity contribution in [1.29, 1.82) is 0 Å². The van der Waals surface area contributed by atoms with Crippen LogP contribution in [0.2, 0.25) is 0 Å². The Bertz CT molecular complexity index is 1370. The van der Waals surface area contributed by atoms with E-state index in [2.05, 4.69) is 15.3 Å². The molecule has 0 aliphatic carbocycles. The largest absolute Gasteiger partial charge is 0.494 e. The third-order valence-corrected chi connectivity index (χ3v) is 5.30. The normalized spacial score (nSPS) is 10.6. The van der Waals surface area contributed by atoms with E-state index in [1.54, 1.807) is 43.6 Å². The van der Waals surface area contributed by atoms with Crippen molar-refractivity contribution in [2.24, 2.45) is 0 Å². The maximum Gasteiger partial charge on any atom is 0.251 e. The molecule has 0 atom stereocenters. The second kappa shape index (κ2) is 9.99. The van der Waals surface area contributed by atoms with E-state index in [4.69, 9.17) is 14.2 Å². The molecule has 1 amide bonds. The topological polar surface area (TPSA) is 99.6 Å². The summed E-state index contributed by atoms with van der Waals surface area (Å²) >= 11 is 0. The molecule has 2 heterocycles. The Balaban J connectivity index is 1.54. The van der Waals surface area contributed by atoms with Crippen molar-refractivity contribution in [3.63, 3.8) is 0 Å². The first-order valence-corrected chi connectivity index (χ1v) is 10.5. The number of Topliss-reactive ketones (excluding diaryl/α,β-unsaturated/α-hetero) is 1. The molecule has 8 heteroatoms. The van der Waals surface area contributed by atoms with Gasteiger partial charge in [-0.2, -0.15) is 0 Å². The van der Waals surface area contributed by atoms with Crippen molar-refractivity contribution < 1.29 is 23.8 Å². The predicted molar refractivity (Wildman–Crippen MR) is 128 cm³/mol. The number of methoxy groups -OCH3 is 3. The number of ketones is 1. The molecule has 0 saturated heterocycles. The molecule has 0 unspecified atom stereocenters. The Kier molecular flexibility index (Phi) is 6.68. The summed E-state index contributed by atoms with van der Waals surface area (Å²) in [5, 5.41) is 3.58. The second-order valence-electron chi connectivity index (χ2n) is 7.33. The minimum atomic E-state index is -0.412. The van der Waals surface area contributed by atoms with Gasteiger partial charge in [0.1, 0.15) is 17.1 Å². The average molecular weight is 457 g/mol. The fraction of sp³-hybridized carbons (Fsp3) is 0.154. The van der Waals surface area contributed by atoms with Crippen LogP contribution in [0.3, 0.4) is 0 Å². The Morgan fingerprint density at radius 1 is 0.853 bits per heavy atom. The Hall–Kier alpha value is -4.46. The number of carbonyl (C=O) groups is 2. The molecule has 1 N–H and O–H groups in total. The Morgan fingerprint density at radius 3 is 2.38 bits per heavy atom. The molecule has 0 fully saturated rings. The van der Waals surface area contributed by atoms with Gasteiger partial charge in [0.2, 0.25) is 0 Å². The zero-order valence-electron chi connectivity index (χ0n) is 19.0. The van der Waals surface area contributed by atoms with Crippen LogP contribution >= 0.6 is 0 Å². The van der Waals surface area contributed by atoms with Gasteiger partial charge >= 0.3 is 0 Å². The number of nitrogens with zero attached hydrogens (tertiary/aromatic N) is 2. The smallest absolute Gasteiger partial charge is 0.251 e. The average Bonchev–Trinajstić information content (AvgIpc) is 2.90. The van der Waals surface area contributed by atoms with Crippen LogP contribution in [-0.2, 0) is 0 Å². The van der Waals surface area contributed by atoms with E-state index in [0.717, 1.165) is 16.5 Å². The van der Waals surface area contributed by atoms with E-state index >= 15 is 0 Å². The molecule has 4 rings (SSSR count). The summed E-state index contributed by atoms with van der Waals surface area (Å²) in [4.78, 5) is 34.3. The quantitative estimate of drug-likeness (QED) is 0.400. The van der Waals surface area contributed by atoms with Crippen LogP contribution in [-0.4, -0.2) is 49.5 Å². The number of ether oxygens (including phenoxy) is 3. The predicted octanol–water partition coefficient (Wildman–Crippen LogP) is 3.94. The first kappa shape index (κ1) is 22.7. The van der Waals surface area contributed by atoms with Crippen molar-refractivity contribution in [2.75, 3.05) is 27.9 Å². The third-order valence-electron chi connectivity index (χ3n) is 5.30. The lowest BCUT2D eigenvalue weighted by molar-refractivity contribution is 0.0902. The fourth-order valence-electron chi connectivity index (χ4n) is 3.53. The molecule has 0 radical (unpaired) electrons. The highest BCUT2D eigenvalue weighted by molar-refractivity contribution is 6.02. The molecule has 2 aromatic carbocycles. The number of amides is 1. The van der Waals surface area contributed by atoms with Gasteiger partial charge in [0, 0.05) is 22.7 Å². The summed E-state index contributed by atoms with van der Waals surface area (Å²) in [5.74, 6) is 0.725. The fourth-order valence-corrected chi connectivity index (χ4v) is 3.53. The van der Waals surface area contributed by atoms with Crippen molar-refractivity contribution in [2.45, 2.75) is 0 Å². The van der Waals surface area contributed by atoms with E-state index in [1.807, 2.05) is 30.3 Å². The molecule has 2 aromatic heterocycles. The van der Waals surface area contributed by atoms with Gasteiger partial charge in [-0.1, -0.05) is 12.1 Å². The number of aromatic nitrogens is 2. The van der Waals surface area contributed by atoms with Crippen molar-refractivity contribution >= 4 is 22.6 Å². The van der Waals surface area contributed by atoms with Gasteiger partial charge in [-0.25, -0.2) is 4.98 Å². The lowest BCUT2D eigenvalue weighted by Crippen LogP contribution is -2.30. The minimum absolute atomic E-state index is 0.215. The molecular formula is C26H23N3O5. The van der Waals surface area contributed by atoms with Crippen LogP contribution in [0.5, 0.6) is 17.2 Å². The highest BCUT2D eigenvalue weighted by Gasteiger charge is 2.16. The van der Waals surface area contributed by atoms with E-state index in [0.29, 0.717) is 28.5 Å². The van der Waals surface area contributed by atoms with Crippen molar-refractivity contribution in [3.05, 3.63) is 78.1 Å². The summed E-state index contributed by atoms with van der Waals surface area (Å²) in [6, 6.07) is 17.6. The SMILES string of the molecule is COc1ccc(C(=O)NCC(=O)c2ccc(OC)c(-c3ccc4ncccc4c3)n2)cc1OC. The molecule has 0 aliphatic heterocycles. The maximum absolute atomic E-state index is 12.8. The van der Waals surface area contributed by atoms with Crippen molar-refractivity contribution in [3.8, 4) is 28.5 Å². The van der Waals surface area contributed by atoms with E-state index < -0.39 is 5.91 Å². The molecule has 0 bridgehead atoms. The number of hydrogen-bond acceptors (Lipinski definition) is 7. The molecule has 8 nitrogen and oxygen atoms in total. The number of hydrogen-bond donors (Lipinski definition) is 1. The minimum Gasteiger partial charge on any atom is -0.494 e. The molecule has 4 aromatic rings. The van der Waals surface area contributed by atoms with E-state index in [1.165, 1.54) is 14.2 Å². The van der Waals surface area contributed by atoms with Crippen LogP contribution in [0.4, 0.5) is 0 Å². The van der Waals surface area contributed by atoms with Crippen LogP contribution in [0.25, 0.3) is 22.2 Å². The first-order chi connectivity index (χ1) is 16.5. The second-order valence-corrected chi connectivity index (χ2v) is 7.33. The molecular weight excluding hydrogens is 434 g/mol. The van der Waals surface area contributed by atoms with Gasteiger partial charge in [-0.05, 0) is 48.5 Å². The number of benzene rings is 2. The summed E-state index contributed by atoms with van der Waals surface area (Å²) in [5.41, 5.74) is 2.75. The lowest BCUT2D eigenvalue weighted by atomic mass is 10.1. The highest BCUT2D eigenvalue weighted by atomic mass is 16.5. The number of nitrogens with one attached hydrogen (secondary N) is 1. The number of fused-ring (bicyclic) bond motifs is 1. The van der Waals surface area contributed by atoms with Crippen molar-refractivity contribution in [1.82, 2.24) is 15.3 Å². The standard InChI is InChI=1S/C26H23N3O5/c1-32-22-10-7-18(14-24(22)34-3)26(31)28-15-21(30)20-9-11-23(33-2)25(29-20)17-6-8-19-16(13-17)5-4-12-27-19/h4-14H,15H2,1-3H3,(H,28,31). The summed E-state index contributed by atoms with van der Waals surface area (Å²) in [7, 11) is 4.55. The number of carbonyl (C=O) groups excluding carboxylic acids is 2. The lowest BCUT2D eigenvalue weighted by Gasteiger charge is -2.11. The molecule has 0 saturated carbocycles. The monoisotopic (exact) mass is 457 g/mol. The molecule has 0 aliphatic rings. The van der Waals surface area contributed by atoms with Crippen LogP contribution < -0.4 is 19.5 Å². The third kappa shape index (κ3) is 4.66. The van der Waals surface area contributed by atoms with E-state index in [9.17, 15) is 9.59 Å². The van der Waals surface area contributed by atoms with Crippen LogP contribution in [0.15, 0.2) is 66.9 Å². The number of pyridine rings is 2. The zero-order valence-corrected chi connectivity index (χ0v) is 19.0. The molecule has 34 heavy (non-hydrogen) atoms. The molecule has 0 spiro atoms. The maximum atomic E-state index is 12.8. The Morgan fingerprint density at radius 2 is 1.62 bits per heavy atom. The summed E-state index contributed by atoms with van der Waals surface area (Å²) in [6.07, 6.45) is 1.73. The van der Waals surface area contributed by atoms with Gasteiger partial charge in [0.15, 0.2) is 17.3 Å². The first-order valence-electron chi connectivity index (χ1n) is 10.5. The van der Waals surface area contributed by atoms with Gasteiger partial charge < -0.3 is 19.5 Å². The van der Waals surface area contributed by atoms with E-state index in [-0.39, 0.29) is 18.0 Å². The summed E-state index contributed by atoms with van der Waals surface area (Å²) < 4.78 is 15.9. The van der Waals surface area contributed by atoms with Gasteiger partial charge in [-0.3, -0.25) is 14.6 Å². The molecule has 172 valence electrons. The van der Waals surface area contributed by atoms with Gasteiger partial charge in [0.05, 0.1) is 33.4 Å². The zero-order chi connectivity index (χ0) is 24.1. The Labute approximate surface area is 196 Å². The number of rotatable bonds is 8. The van der Waals surface area contributed by atoms with Crippen LogP contribution in [0, 0.1) is 0 Å². The van der Waals surface area contributed by atoms with Gasteiger partial charge in [0.25, 0.3) is 5.91 Å². The summed E-state index contributed by atoms with van der Waals surface area (Å²) in [6.45, 7) is -0.215. The van der Waals surface area contributed by atoms with Crippen LogP contribution in [0.1, 0.15) is 20.8 Å². The van der Waals surface area contributed by atoms with Gasteiger partial charge in [-0.15, -0.1) is 0 Å².